The van der Waals surface area contributed by atoms with E-state index in [0.29, 0.717) is 19.0 Å². The summed E-state index contributed by atoms with van der Waals surface area (Å²) in [6, 6.07) is 16.8. The summed E-state index contributed by atoms with van der Waals surface area (Å²) in [4.78, 5) is 21.2. The van der Waals surface area contributed by atoms with Crippen molar-refractivity contribution in [2.45, 2.75) is 44.8 Å². The second-order valence-electron chi connectivity index (χ2n) is 8.07. The number of pyridine rings is 1. The number of likely N-dealkylation sites (tertiary alicyclic amines) is 1. The Morgan fingerprint density at radius 3 is 2.80 bits per heavy atom. The molecule has 3 aromatic rings. The van der Waals surface area contributed by atoms with Crippen LogP contribution in [-0.4, -0.2) is 50.5 Å². The zero-order valence-corrected chi connectivity index (χ0v) is 17.7. The molecule has 30 heavy (non-hydrogen) atoms. The van der Waals surface area contributed by atoms with E-state index in [0.717, 1.165) is 41.9 Å². The summed E-state index contributed by atoms with van der Waals surface area (Å²) < 4.78 is 0. The molecule has 1 saturated heterocycles. The Kier molecular flexibility index (Phi) is 6.23. The number of hydrogen-bond acceptors (Lipinski definition) is 4. The summed E-state index contributed by atoms with van der Waals surface area (Å²) in [5.41, 5.74) is 4.25. The highest BCUT2D eigenvalue weighted by molar-refractivity contribution is 5.76. The molecule has 0 radical (unpaired) electrons. The van der Waals surface area contributed by atoms with Crippen molar-refractivity contribution in [1.29, 1.82) is 0 Å². The van der Waals surface area contributed by atoms with Gasteiger partial charge < -0.3 is 4.90 Å². The van der Waals surface area contributed by atoms with Crippen LogP contribution >= 0.6 is 0 Å². The van der Waals surface area contributed by atoms with Crippen molar-refractivity contribution in [3.05, 3.63) is 72.2 Å². The van der Waals surface area contributed by atoms with Crippen LogP contribution in [0.1, 0.15) is 43.5 Å². The molecule has 1 aliphatic rings. The first-order valence-corrected chi connectivity index (χ1v) is 10.6. The number of hydrogen-bond donors (Lipinski definition) is 1. The Bertz CT molecular complexity index is 956. The zero-order chi connectivity index (χ0) is 20.9. The lowest BCUT2D eigenvalue weighted by Crippen LogP contribution is -2.35. The van der Waals surface area contributed by atoms with Crippen LogP contribution in [0, 0.1) is 0 Å². The summed E-state index contributed by atoms with van der Waals surface area (Å²) in [7, 11) is 2.15. The summed E-state index contributed by atoms with van der Waals surface area (Å²) in [6.45, 7) is 3.61. The van der Waals surface area contributed by atoms with E-state index in [-0.39, 0.29) is 11.9 Å². The first-order chi connectivity index (χ1) is 14.6. The SMILES string of the molecule is CC(c1cc(-c2ccccc2)n[nH]1)N(C)C1CCC(=O)N(Cc2cccnc2)CC1. The maximum absolute atomic E-state index is 12.7. The minimum absolute atomic E-state index is 0.194. The molecule has 2 aromatic heterocycles. The van der Waals surface area contributed by atoms with Crippen molar-refractivity contribution >= 4 is 5.91 Å². The number of amides is 1. The number of rotatable bonds is 6. The van der Waals surface area contributed by atoms with Gasteiger partial charge in [-0.05, 0) is 44.5 Å². The summed E-state index contributed by atoms with van der Waals surface area (Å²) in [5.74, 6) is 0.232. The van der Waals surface area contributed by atoms with E-state index in [1.54, 1.807) is 6.20 Å². The maximum atomic E-state index is 12.7. The summed E-state index contributed by atoms with van der Waals surface area (Å²) in [5, 5.41) is 7.72. The van der Waals surface area contributed by atoms with Crippen molar-refractivity contribution in [2.24, 2.45) is 0 Å². The highest BCUT2D eigenvalue weighted by Crippen LogP contribution is 2.28. The van der Waals surface area contributed by atoms with Crippen LogP contribution in [0.15, 0.2) is 60.9 Å². The lowest BCUT2D eigenvalue weighted by atomic mass is 10.0. The topological polar surface area (TPSA) is 65.1 Å². The van der Waals surface area contributed by atoms with Crippen molar-refractivity contribution < 1.29 is 4.79 Å². The molecule has 1 N–H and O–H groups in total. The van der Waals surface area contributed by atoms with Crippen LogP contribution in [0.3, 0.4) is 0 Å². The van der Waals surface area contributed by atoms with Gasteiger partial charge in [0, 0.05) is 49.6 Å². The monoisotopic (exact) mass is 403 g/mol. The quantitative estimate of drug-likeness (QED) is 0.674. The number of carbonyl (C=O) groups excluding carboxylic acids is 1. The van der Waals surface area contributed by atoms with Gasteiger partial charge in [0.15, 0.2) is 0 Å². The fraction of sp³-hybridized carbons (Fsp3) is 0.375. The van der Waals surface area contributed by atoms with Crippen molar-refractivity contribution in [1.82, 2.24) is 25.0 Å². The van der Waals surface area contributed by atoms with E-state index in [9.17, 15) is 4.79 Å². The minimum Gasteiger partial charge on any atom is -0.338 e. The van der Waals surface area contributed by atoms with Gasteiger partial charge in [0.25, 0.3) is 0 Å². The molecule has 0 spiro atoms. The third kappa shape index (κ3) is 4.60. The lowest BCUT2D eigenvalue weighted by molar-refractivity contribution is -0.131. The molecule has 156 valence electrons. The van der Waals surface area contributed by atoms with Crippen LogP contribution in [0.4, 0.5) is 0 Å². The van der Waals surface area contributed by atoms with E-state index >= 15 is 0 Å². The second-order valence-corrected chi connectivity index (χ2v) is 8.07. The molecule has 2 atom stereocenters. The molecular weight excluding hydrogens is 374 g/mol. The number of benzene rings is 1. The van der Waals surface area contributed by atoms with E-state index in [4.69, 9.17) is 0 Å². The Morgan fingerprint density at radius 2 is 2.03 bits per heavy atom. The zero-order valence-electron chi connectivity index (χ0n) is 17.7. The molecule has 1 amide bonds. The molecule has 1 aliphatic heterocycles. The molecule has 0 saturated carbocycles. The highest BCUT2D eigenvalue weighted by atomic mass is 16.2. The number of carbonyl (C=O) groups is 1. The molecule has 1 fully saturated rings. The van der Waals surface area contributed by atoms with Gasteiger partial charge in [-0.25, -0.2) is 0 Å². The molecule has 4 rings (SSSR count). The Morgan fingerprint density at radius 1 is 1.20 bits per heavy atom. The van der Waals surface area contributed by atoms with Crippen molar-refractivity contribution in [2.75, 3.05) is 13.6 Å². The standard InChI is InChI=1S/C24H29N5O/c1-18(22-15-23(27-26-22)20-8-4-3-5-9-20)28(2)21-10-11-24(30)29(14-12-21)17-19-7-6-13-25-16-19/h3-9,13,15-16,18,21H,10-12,14,17H2,1-2H3,(H,26,27). The number of nitrogens with one attached hydrogen (secondary N) is 1. The largest absolute Gasteiger partial charge is 0.338 e. The predicted octanol–water partition coefficient (Wildman–Crippen LogP) is 4.05. The van der Waals surface area contributed by atoms with E-state index < -0.39 is 0 Å². The van der Waals surface area contributed by atoms with Crippen LogP contribution < -0.4 is 0 Å². The van der Waals surface area contributed by atoms with Crippen LogP contribution in [-0.2, 0) is 11.3 Å². The smallest absolute Gasteiger partial charge is 0.222 e. The van der Waals surface area contributed by atoms with Gasteiger partial charge in [-0.2, -0.15) is 5.10 Å². The van der Waals surface area contributed by atoms with Gasteiger partial charge in [-0.3, -0.25) is 19.8 Å². The third-order valence-electron chi connectivity index (χ3n) is 6.18. The van der Waals surface area contributed by atoms with Crippen LogP contribution in [0.5, 0.6) is 0 Å². The molecule has 2 unspecified atom stereocenters. The van der Waals surface area contributed by atoms with E-state index in [1.807, 2.05) is 41.4 Å². The van der Waals surface area contributed by atoms with Gasteiger partial charge >= 0.3 is 0 Å². The first kappa shape index (κ1) is 20.3. The Labute approximate surface area is 177 Å². The second kappa shape index (κ2) is 9.22. The predicted molar refractivity (Wildman–Crippen MR) is 117 cm³/mol. The molecule has 6 nitrogen and oxygen atoms in total. The molecular formula is C24H29N5O. The molecule has 0 aliphatic carbocycles. The average molecular weight is 404 g/mol. The van der Waals surface area contributed by atoms with E-state index in [1.165, 1.54) is 0 Å². The van der Waals surface area contributed by atoms with Gasteiger partial charge in [0.2, 0.25) is 5.91 Å². The normalized spacial score (nSPS) is 18.4. The van der Waals surface area contributed by atoms with Crippen molar-refractivity contribution in [3.8, 4) is 11.3 Å². The number of H-pyrrole nitrogens is 1. The van der Waals surface area contributed by atoms with Gasteiger partial charge in [0.1, 0.15) is 0 Å². The number of nitrogens with zero attached hydrogens (tertiary/aromatic N) is 4. The molecule has 0 bridgehead atoms. The fourth-order valence-corrected chi connectivity index (χ4v) is 4.15. The minimum atomic E-state index is 0.194. The first-order valence-electron chi connectivity index (χ1n) is 10.6. The molecule has 1 aromatic carbocycles. The lowest BCUT2D eigenvalue weighted by Gasteiger charge is -2.32. The Hall–Kier alpha value is -2.99. The maximum Gasteiger partial charge on any atom is 0.222 e. The van der Waals surface area contributed by atoms with E-state index in [2.05, 4.69) is 52.3 Å². The number of aromatic amines is 1. The van der Waals surface area contributed by atoms with Crippen LogP contribution in [0.2, 0.25) is 0 Å². The summed E-state index contributed by atoms with van der Waals surface area (Å²) in [6.07, 6.45) is 6.03. The van der Waals surface area contributed by atoms with Gasteiger partial charge in [-0.15, -0.1) is 0 Å². The van der Waals surface area contributed by atoms with Gasteiger partial charge in [-0.1, -0.05) is 36.4 Å². The third-order valence-corrected chi connectivity index (χ3v) is 6.18. The molecule has 3 heterocycles. The fourth-order valence-electron chi connectivity index (χ4n) is 4.15. The highest BCUT2D eigenvalue weighted by Gasteiger charge is 2.28. The average Bonchev–Trinajstić information content (AvgIpc) is 3.21. The van der Waals surface area contributed by atoms with Crippen LogP contribution in [0.25, 0.3) is 11.3 Å². The number of aromatic nitrogens is 3. The summed E-state index contributed by atoms with van der Waals surface area (Å²) >= 11 is 0. The Balaban J connectivity index is 1.40. The molecule has 6 heteroatoms. The van der Waals surface area contributed by atoms with Gasteiger partial charge in [0.05, 0.1) is 11.4 Å². The van der Waals surface area contributed by atoms with Crippen molar-refractivity contribution in [3.63, 3.8) is 0 Å².